The Morgan fingerprint density at radius 2 is 2.29 bits per heavy atom. The van der Waals surface area contributed by atoms with Gasteiger partial charge in [0.2, 0.25) is 0 Å². The van der Waals surface area contributed by atoms with Crippen molar-refractivity contribution in [2.75, 3.05) is 26.0 Å². The summed E-state index contributed by atoms with van der Waals surface area (Å²) in [5.41, 5.74) is 1.65. The summed E-state index contributed by atoms with van der Waals surface area (Å²) >= 11 is 0. The van der Waals surface area contributed by atoms with Crippen LogP contribution >= 0.6 is 0 Å². The van der Waals surface area contributed by atoms with Crippen LogP contribution in [0.15, 0.2) is 23.1 Å². The molecule has 2 heterocycles. The van der Waals surface area contributed by atoms with Gasteiger partial charge in [0, 0.05) is 32.3 Å². The van der Waals surface area contributed by atoms with E-state index in [9.17, 15) is 8.42 Å². The topological polar surface area (TPSA) is 73.2 Å². The van der Waals surface area contributed by atoms with Crippen LogP contribution in [-0.4, -0.2) is 50.0 Å². The lowest BCUT2D eigenvalue weighted by molar-refractivity contribution is 0.0762. The van der Waals surface area contributed by atoms with Crippen molar-refractivity contribution in [1.82, 2.24) is 14.9 Å². The normalized spacial score (nSPS) is 20.0. The zero-order valence-corrected chi connectivity index (χ0v) is 13.0. The molecule has 0 bridgehead atoms. The van der Waals surface area contributed by atoms with Crippen LogP contribution in [0.3, 0.4) is 0 Å². The minimum atomic E-state index is -3.21. The highest BCUT2D eigenvalue weighted by Crippen LogP contribution is 2.20. The van der Waals surface area contributed by atoms with Crippen LogP contribution in [0, 0.1) is 0 Å². The van der Waals surface area contributed by atoms with Gasteiger partial charge in [-0.1, -0.05) is 0 Å². The van der Waals surface area contributed by atoms with Crippen molar-refractivity contribution in [2.24, 2.45) is 7.05 Å². The number of benzene rings is 1. The molecule has 114 valence electrons. The highest BCUT2D eigenvalue weighted by Gasteiger charge is 2.18. The molecule has 1 aliphatic heterocycles. The Kier molecular flexibility index (Phi) is 3.73. The third kappa shape index (κ3) is 2.95. The maximum atomic E-state index is 11.6. The van der Waals surface area contributed by atoms with Crippen molar-refractivity contribution < 1.29 is 13.2 Å². The second-order valence-electron chi connectivity index (χ2n) is 5.44. The van der Waals surface area contributed by atoms with Crippen LogP contribution in [0.4, 0.5) is 0 Å². The minimum Gasteiger partial charge on any atom is -0.379 e. The summed E-state index contributed by atoms with van der Waals surface area (Å²) in [5, 5.41) is 3.40. The highest BCUT2D eigenvalue weighted by atomic mass is 32.2. The number of ether oxygens (including phenoxy) is 1. The fraction of sp³-hybridized carbons (Fsp3) is 0.500. The molecule has 1 atom stereocenters. The molecule has 2 aromatic rings. The summed E-state index contributed by atoms with van der Waals surface area (Å²) in [5.74, 6) is 0.929. The molecule has 1 aromatic carbocycles. The van der Waals surface area contributed by atoms with E-state index in [1.807, 2.05) is 17.7 Å². The lowest BCUT2D eigenvalue weighted by Crippen LogP contribution is -2.42. The number of hydrogen-bond acceptors (Lipinski definition) is 5. The largest absolute Gasteiger partial charge is 0.379 e. The monoisotopic (exact) mass is 309 g/mol. The standard InChI is InChI=1S/C14H19N3O3S/c1-17-13-4-3-11(21(2,18)19)8-12(13)16-14(17)7-10-9-20-6-5-15-10/h3-4,8,10,15H,5-7,9H2,1-2H3. The zero-order chi connectivity index (χ0) is 15.0. The van der Waals surface area contributed by atoms with Gasteiger partial charge in [0.25, 0.3) is 0 Å². The minimum absolute atomic E-state index is 0.253. The lowest BCUT2D eigenvalue weighted by atomic mass is 10.2. The van der Waals surface area contributed by atoms with Gasteiger partial charge in [0.15, 0.2) is 9.84 Å². The Labute approximate surface area is 124 Å². The lowest BCUT2D eigenvalue weighted by Gasteiger charge is -2.23. The van der Waals surface area contributed by atoms with Gasteiger partial charge < -0.3 is 14.6 Å². The molecule has 0 amide bonds. The molecule has 6 nitrogen and oxygen atoms in total. The summed E-state index contributed by atoms with van der Waals surface area (Å²) in [4.78, 5) is 4.89. The molecule has 1 fully saturated rings. The van der Waals surface area contributed by atoms with Gasteiger partial charge in [-0.2, -0.15) is 0 Å². The average molecular weight is 309 g/mol. The van der Waals surface area contributed by atoms with Gasteiger partial charge in [-0.15, -0.1) is 0 Å². The number of aromatic nitrogens is 2. The fourth-order valence-electron chi connectivity index (χ4n) is 2.61. The fourth-order valence-corrected chi connectivity index (χ4v) is 3.25. The predicted molar refractivity (Wildman–Crippen MR) is 80.1 cm³/mol. The number of fused-ring (bicyclic) bond motifs is 1. The van der Waals surface area contributed by atoms with Crippen LogP contribution in [0.5, 0.6) is 0 Å². The van der Waals surface area contributed by atoms with Crippen LogP contribution in [0.2, 0.25) is 0 Å². The number of sulfone groups is 1. The molecule has 3 rings (SSSR count). The van der Waals surface area contributed by atoms with Gasteiger partial charge in [-0.25, -0.2) is 13.4 Å². The highest BCUT2D eigenvalue weighted by molar-refractivity contribution is 7.90. The van der Waals surface area contributed by atoms with Crippen molar-refractivity contribution >= 4 is 20.9 Å². The van der Waals surface area contributed by atoms with Crippen molar-refractivity contribution in [3.63, 3.8) is 0 Å². The summed E-state index contributed by atoms with van der Waals surface area (Å²) in [7, 11) is -1.25. The van der Waals surface area contributed by atoms with E-state index in [0.717, 1.165) is 30.9 Å². The smallest absolute Gasteiger partial charge is 0.175 e. The first-order valence-electron chi connectivity index (χ1n) is 6.92. The summed E-state index contributed by atoms with van der Waals surface area (Å²) in [6, 6.07) is 5.33. The van der Waals surface area contributed by atoms with Gasteiger partial charge >= 0.3 is 0 Å². The molecular formula is C14H19N3O3S. The number of morpholine rings is 1. The van der Waals surface area contributed by atoms with Crippen LogP contribution < -0.4 is 5.32 Å². The van der Waals surface area contributed by atoms with E-state index in [-0.39, 0.29) is 6.04 Å². The van der Waals surface area contributed by atoms with Gasteiger partial charge in [-0.05, 0) is 18.2 Å². The third-order valence-corrected chi connectivity index (χ3v) is 4.91. The summed E-state index contributed by atoms with van der Waals surface area (Å²) < 4.78 is 30.7. The molecule has 0 aliphatic carbocycles. The molecule has 1 N–H and O–H groups in total. The van der Waals surface area contributed by atoms with Gasteiger partial charge in [0.1, 0.15) is 5.82 Å². The van der Waals surface area contributed by atoms with Crippen molar-refractivity contribution in [3.05, 3.63) is 24.0 Å². The number of imidazole rings is 1. The van der Waals surface area contributed by atoms with Gasteiger partial charge in [-0.3, -0.25) is 0 Å². The number of rotatable bonds is 3. The van der Waals surface area contributed by atoms with E-state index >= 15 is 0 Å². The molecule has 0 saturated carbocycles. The molecule has 1 aliphatic rings. The molecule has 0 radical (unpaired) electrons. The summed E-state index contributed by atoms with van der Waals surface area (Å²) in [6.45, 7) is 2.28. The maximum absolute atomic E-state index is 11.6. The molecule has 0 spiro atoms. The van der Waals surface area contributed by atoms with Crippen LogP contribution in [0.1, 0.15) is 5.82 Å². The Morgan fingerprint density at radius 3 is 2.95 bits per heavy atom. The quantitative estimate of drug-likeness (QED) is 0.894. The van der Waals surface area contributed by atoms with E-state index in [1.165, 1.54) is 6.26 Å². The van der Waals surface area contributed by atoms with E-state index in [1.54, 1.807) is 12.1 Å². The number of hydrogen-bond donors (Lipinski definition) is 1. The summed E-state index contributed by atoms with van der Waals surface area (Å²) in [6.07, 6.45) is 1.97. The van der Waals surface area contributed by atoms with E-state index in [4.69, 9.17) is 4.74 Å². The Balaban J connectivity index is 1.95. The Hall–Kier alpha value is -1.44. The molecule has 1 saturated heterocycles. The number of nitrogens with one attached hydrogen (secondary N) is 1. The van der Waals surface area contributed by atoms with E-state index < -0.39 is 9.84 Å². The molecule has 1 unspecified atom stereocenters. The van der Waals surface area contributed by atoms with E-state index in [0.29, 0.717) is 17.0 Å². The Bertz CT molecular complexity index is 761. The average Bonchev–Trinajstić information content (AvgIpc) is 2.75. The van der Waals surface area contributed by atoms with Crippen molar-refractivity contribution in [1.29, 1.82) is 0 Å². The van der Waals surface area contributed by atoms with Crippen LogP contribution in [-0.2, 0) is 28.0 Å². The van der Waals surface area contributed by atoms with Gasteiger partial charge in [0.05, 0.1) is 29.1 Å². The third-order valence-electron chi connectivity index (χ3n) is 3.80. The first kappa shape index (κ1) is 14.5. The maximum Gasteiger partial charge on any atom is 0.175 e. The molecular weight excluding hydrogens is 290 g/mol. The van der Waals surface area contributed by atoms with E-state index in [2.05, 4.69) is 10.3 Å². The second-order valence-corrected chi connectivity index (χ2v) is 7.46. The second kappa shape index (κ2) is 5.40. The Morgan fingerprint density at radius 1 is 1.48 bits per heavy atom. The SMILES string of the molecule is Cn1c(CC2COCCN2)nc2cc(S(C)(=O)=O)ccc21. The number of aryl methyl sites for hydroxylation is 1. The van der Waals surface area contributed by atoms with Crippen LogP contribution in [0.25, 0.3) is 11.0 Å². The molecule has 1 aromatic heterocycles. The predicted octanol–water partition coefficient (Wildman–Crippen LogP) is 0.508. The first-order valence-corrected chi connectivity index (χ1v) is 8.81. The zero-order valence-electron chi connectivity index (χ0n) is 12.2. The first-order chi connectivity index (χ1) is 9.95. The van der Waals surface area contributed by atoms with Crippen molar-refractivity contribution in [2.45, 2.75) is 17.4 Å². The van der Waals surface area contributed by atoms with Crippen molar-refractivity contribution in [3.8, 4) is 0 Å². The number of nitrogens with zero attached hydrogens (tertiary/aromatic N) is 2. The molecule has 7 heteroatoms. The molecule has 21 heavy (non-hydrogen) atoms.